The molecule has 1 aliphatic rings. The summed E-state index contributed by atoms with van der Waals surface area (Å²) in [4.78, 5) is 10.3. The van der Waals surface area contributed by atoms with Gasteiger partial charge in [0.2, 0.25) is 5.88 Å². The Morgan fingerprint density at radius 2 is 2.39 bits per heavy atom. The van der Waals surface area contributed by atoms with Gasteiger partial charge in [0.05, 0.1) is 23.7 Å². The quantitative estimate of drug-likeness (QED) is 0.922. The lowest BCUT2D eigenvalue weighted by Gasteiger charge is -2.11. The topological polar surface area (TPSA) is 47.0 Å². The molecule has 4 nitrogen and oxygen atoms in total. The third-order valence-electron chi connectivity index (χ3n) is 3.07. The van der Waals surface area contributed by atoms with E-state index in [9.17, 15) is 0 Å². The fourth-order valence-electron chi connectivity index (χ4n) is 2.16. The van der Waals surface area contributed by atoms with Gasteiger partial charge in [-0.05, 0) is 30.8 Å². The molecule has 0 aliphatic carbocycles. The first-order chi connectivity index (χ1) is 8.86. The molecule has 0 aromatic carbocycles. The van der Waals surface area contributed by atoms with Crippen molar-refractivity contribution in [2.24, 2.45) is 0 Å². The molecule has 0 bridgehead atoms. The fraction of sp³-hybridized carbons (Fsp3) is 0.385. The molecule has 1 atom stereocenters. The molecule has 1 saturated heterocycles. The summed E-state index contributed by atoms with van der Waals surface area (Å²) in [5.74, 6) is 1.48. The number of rotatable bonds is 3. The van der Waals surface area contributed by atoms with Crippen molar-refractivity contribution in [1.82, 2.24) is 15.3 Å². The van der Waals surface area contributed by atoms with Crippen LogP contribution in [0.1, 0.15) is 24.7 Å². The van der Waals surface area contributed by atoms with E-state index in [0.717, 1.165) is 29.4 Å². The van der Waals surface area contributed by atoms with Crippen LogP contribution in [-0.4, -0.2) is 23.6 Å². The average molecular weight is 261 g/mol. The maximum atomic E-state index is 5.28. The second-order valence-electron chi connectivity index (χ2n) is 4.28. The van der Waals surface area contributed by atoms with Crippen LogP contribution in [0, 0.1) is 0 Å². The number of hydrogen-bond acceptors (Lipinski definition) is 5. The summed E-state index contributed by atoms with van der Waals surface area (Å²) in [5.41, 5.74) is 0.945. The smallest absolute Gasteiger partial charge is 0.216 e. The van der Waals surface area contributed by atoms with Crippen LogP contribution in [0.25, 0.3) is 10.6 Å². The molecule has 2 aromatic heterocycles. The van der Waals surface area contributed by atoms with Crippen molar-refractivity contribution in [2.45, 2.75) is 18.9 Å². The number of hydrogen-bond donors (Lipinski definition) is 1. The van der Waals surface area contributed by atoms with E-state index in [-0.39, 0.29) is 6.04 Å². The van der Waals surface area contributed by atoms with Gasteiger partial charge < -0.3 is 10.1 Å². The van der Waals surface area contributed by atoms with Gasteiger partial charge in [0.25, 0.3) is 0 Å². The fourth-order valence-corrected chi connectivity index (χ4v) is 2.84. The minimum Gasteiger partial charge on any atom is -0.481 e. The minimum atomic E-state index is 0.263. The summed E-state index contributed by atoms with van der Waals surface area (Å²) in [6.07, 6.45) is 2.27. The minimum absolute atomic E-state index is 0.263. The highest BCUT2D eigenvalue weighted by Crippen LogP contribution is 2.28. The SMILES string of the molecule is COc1cc(-c2cccs2)nc(C2CCCN2)n1. The third kappa shape index (κ3) is 2.23. The molecule has 0 amide bonds. The first kappa shape index (κ1) is 11.6. The zero-order valence-electron chi connectivity index (χ0n) is 10.2. The second-order valence-corrected chi connectivity index (χ2v) is 5.23. The molecule has 0 radical (unpaired) electrons. The van der Waals surface area contributed by atoms with Crippen LogP contribution >= 0.6 is 11.3 Å². The average Bonchev–Trinajstić information content (AvgIpc) is 3.10. The maximum Gasteiger partial charge on any atom is 0.216 e. The monoisotopic (exact) mass is 261 g/mol. The van der Waals surface area contributed by atoms with E-state index in [1.807, 2.05) is 12.1 Å². The molecule has 1 aliphatic heterocycles. The molecular weight excluding hydrogens is 246 g/mol. The van der Waals surface area contributed by atoms with Crippen molar-refractivity contribution >= 4 is 11.3 Å². The molecule has 0 saturated carbocycles. The number of nitrogens with one attached hydrogen (secondary N) is 1. The summed E-state index contributed by atoms with van der Waals surface area (Å²) in [6, 6.07) is 6.25. The predicted molar refractivity (Wildman–Crippen MR) is 71.9 cm³/mol. The van der Waals surface area contributed by atoms with Gasteiger partial charge >= 0.3 is 0 Å². The van der Waals surface area contributed by atoms with Crippen LogP contribution in [0.4, 0.5) is 0 Å². The van der Waals surface area contributed by atoms with E-state index in [0.29, 0.717) is 5.88 Å². The third-order valence-corrected chi connectivity index (χ3v) is 3.97. The van der Waals surface area contributed by atoms with Gasteiger partial charge in [-0.1, -0.05) is 6.07 Å². The molecule has 94 valence electrons. The van der Waals surface area contributed by atoms with Gasteiger partial charge in [0, 0.05) is 6.07 Å². The lowest BCUT2D eigenvalue weighted by atomic mass is 10.2. The Labute approximate surface area is 110 Å². The maximum absolute atomic E-state index is 5.28. The van der Waals surface area contributed by atoms with Crippen molar-refractivity contribution in [1.29, 1.82) is 0 Å². The van der Waals surface area contributed by atoms with E-state index in [2.05, 4.69) is 26.7 Å². The molecule has 3 heterocycles. The summed E-state index contributed by atoms with van der Waals surface area (Å²) in [7, 11) is 1.65. The number of ether oxygens (including phenoxy) is 1. The van der Waals surface area contributed by atoms with Crippen LogP contribution in [0.2, 0.25) is 0 Å². The standard InChI is InChI=1S/C13H15N3OS/c1-17-12-8-10(11-5-3-7-18-11)15-13(16-12)9-4-2-6-14-9/h3,5,7-9,14H,2,4,6H2,1H3. The first-order valence-electron chi connectivity index (χ1n) is 6.07. The van der Waals surface area contributed by atoms with E-state index >= 15 is 0 Å². The number of aromatic nitrogens is 2. The van der Waals surface area contributed by atoms with Crippen LogP contribution in [0.5, 0.6) is 5.88 Å². The van der Waals surface area contributed by atoms with Crippen molar-refractivity contribution < 1.29 is 4.74 Å². The van der Waals surface area contributed by atoms with Crippen molar-refractivity contribution in [3.63, 3.8) is 0 Å². The normalized spacial score (nSPS) is 19.1. The molecule has 1 fully saturated rings. The molecule has 1 unspecified atom stereocenters. The van der Waals surface area contributed by atoms with Crippen LogP contribution in [0.15, 0.2) is 23.6 Å². The molecule has 5 heteroatoms. The first-order valence-corrected chi connectivity index (χ1v) is 6.95. The summed E-state index contributed by atoms with van der Waals surface area (Å²) in [6.45, 7) is 1.04. The predicted octanol–water partition coefficient (Wildman–Crippen LogP) is 2.64. The van der Waals surface area contributed by atoms with Crippen molar-refractivity contribution in [2.75, 3.05) is 13.7 Å². The Morgan fingerprint density at radius 1 is 1.44 bits per heavy atom. The number of methoxy groups -OCH3 is 1. The zero-order valence-corrected chi connectivity index (χ0v) is 11.0. The van der Waals surface area contributed by atoms with Gasteiger partial charge in [-0.15, -0.1) is 11.3 Å². The second kappa shape index (κ2) is 5.04. The van der Waals surface area contributed by atoms with Crippen LogP contribution in [0.3, 0.4) is 0 Å². The Bertz CT molecular complexity index is 521. The van der Waals surface area contributed by atoms with Crippen molar-refractivity contribution in [3.05, 3.63) is 29.4 Å². The summed E-state index contributed by atoms with van der Waals surface area (Å²) < 4.78 is 5.28. The molecular formula is C13H15N3OS. The van der Waals surface area contributed by atoms with E-state index in [4.69, 9.17) is 4.74 Å². The zero-order chi connectivity index (χ0) is 12.4. The Morgan fingerprint density at radius 3 is 3.06 bits per heavy atom. The van der Waals surface area contributed by atoms with Crippen LogP contribution < -0.4 is 10.1 Å². The molecule has 0 spiro atoms. The van der Waals surface area contributed by atoms with Crippen molar-refractivity contribution in [3.8, 4) is 16.5 Å². The highest BCUT2D eigenvalue weighted by atomic mass is 32.1. The molecule has 18 heavy (non-hydrogen) atoms. The lowest BCUT2D eigenvalue weighted by molar-refractivity contribution is 0.392. The van der Waals surface area contributed by atoms with Gasteiger partial charge in [0.1, 0.15) is 5.82 Å². The van der Waals surface area contributed by atoms with Gasteiger partial charge in [0.15, 0.2) is 0 Å². The highest BCUT2D eigenvalue weighted by Gasteiger charge is 2.20. The Hall–Kier alpha value is -1.46. The highest BCUT2D eigenvalue weighted by molar-refractivity contribution is 7.13. The largest absolute Gasteiger partial charge is 0.481 e. The van der Waals surface area contributed by atoms with Gasteiger partial charge in [-0.3, -0.25) is 0 Å². The van der Waals surface area contributed by atoms with Gasteiger partial charge in [-0.2, -0.15) is 4.98 Å². The Balaban J connectivity index is 2.01. The van der Waals surface area contributed by atoms with E-state index in [1.165, 1.54) is 6.42 Å². The lowest BCUT2D eigenvalue weighted by Crippen LogP contribution is -2.16. The van der Waals surface area contributed by atoms with Crippen LogP contribution in [-0.2, 0) is 0 Å². The molecule has 1 N–H and O–H groups in total. The summed E-state index contributed by atoms with van der Waals surface area (Å²) in [5, 5.41) is 5.47. The van der Waals surface area contributed by atoms with E-state index < -0.39 is 0 Å². The number of nitrogens with zero attached hydrogens (tertiary/aromatic N) is 2. The molecule has 2 aromatic rings. The molecule has 3 rings (SSSR count). The Kier molecular flexibility index (Phi) is 3.25. The van der Waals surface area contributed by atoms with Gasteiger partial charge in [-0.25, -0.2) is 4.98 Å². The summed E-state index contributed by atoms with van der Waals surface area (Å²) >= 11 is 1.68. The van der Waals surface area contributed by atoms with E-state index in [1.54, 1.807) is 18.4 Å². The number of thiophene rings is 1.